The Labute approximate surface area is 151 Å². The fraction of sp³-hybridized carbons (Fsp3) is 0.636. The van der Waals surface area contributed by atoms with Crippen molar-refractivity contribution >= 4 is 5.91 Å². The van der Waals surface area contributed by atoms with Gasteiger partial charge < -0.3 is 4.90 Å². The van der Waals surface area contributed by atoms with Crippen LogP contribution in [-0.2, 0) is 11.3 Å². The summed E-state index contributed by atoms with van der Waals surface area (Å²) in [6.45, 7) is 1.64. The Kier molecular flexibility index (Phi) is 5.19. The smallest absolute Gasteiger partial charge is 0.223 e. The monoisotopic (exact) mass is 338 g/mol. The maximum absolute atomic E-state index is 13.1. The molecule has 25 heavy (non-hydrogen) atoms. The van der Waals surface area contributed by atoms with Gasteiger partial charge in [0.05, 0.1) is 0 Å². The molecule has 0 radical (unpaired) electrons. The lowest BCUT2D eigenvalue weighted by molar-refractivity contribution is -0.133. The first-order valence-corrected chi connectivity index (χ1v) is 10.1. The standard InChI is InChI=1S/C22H30N2O/c25-22(13-17-5-2-1-3-6-17)24(15-19-7-4-10-23-14-19)16-21-12-18-8-9-20(21)11-18/h4,7-10,14,17-18,20-21H,1-3,5-6,11-13,15-16H2/t18-,20-,21-/m0/s1. The lowest BCUT2D eigenvalue weighted by Gasteiger charge is -2.31. The van der Waals surface area contributed by atoms with Gasteiger partial charge in [-0.25, -0.2) is 0 Å². The number of nitrogens with zero attached hydrogens (tertiary/aromatic N) is 2. The normalized spacial score (nSPS) is 28.4. The highest BCUT2D eigenvalue weighted by Crippen LogP contribution is 2.43. The van der Waals surface area contributed by atoms with Crippen molar-refractivity contribution in [2.75, 3.05) is 6.54 Å². The minimum Gasteiger partial charge on any atom is -0.338 e. The van der Waals surface area contributed by atoms with Gasteiger partial charge in [-0.2, -0.15) is 0 Å². The van der Waals surface area contributed by atoms with E-state index in [1.54, 1.807) is 6.20 Å². The molecule has 0 unspecified atom stereocenters. The number of carbonyl (C=O) groups excluding carboxylic acids is 1. The van der Waals surface area contributed by atoms with Crippen LogP contribution in [0, 0.1) is 23.7 Å². The second-order valence-corrected chi connectivity index (χ2v) is 8.38. The van der Waals surface area contributed by atoms with E-state index < -0.39 is 0 Å². The van der Waals surface area contributed by atoms with Gasteiger partial charge in [0.25, 0.3) is 0 Å². The molecule has 0 saturated heterocycles. The molecule has 3 atom stereocenters. The SMILES string of the molecule is O=C(CC1CCCCC1)N(Cc1cccnc1)C[C@@H]1C[C@H]2C=C[C@H]1C2. The Morgan fingerprint density at radius 3 is 2.72 bits per heavy atom. The predicted octanol–water partition coefficient (Wildman–Crippen LogP) is 4.59. The first kappa shape index (κ1) is 16.8. The van der Waals surface area contributed by atoms with Crippen molar-refractivity contribution in [1.82, 2.24) is 9.88 Å². The van der Waals surface area contributed by atoms with Crippen LogP contribution in [0.4, 0.5) is 0 Å². The molecule has 0 aliphatic heterocycles. The summed E-state index contributed by atoms with van der Waals surface area (Å²) in [5.41, 5.74) is 1.15. The Hall–Kier alpha value is -1.64. The molecule has 3 aliphatic rings. The molecule has 2 bridgehead atoms. The fourth-order valence-electron chi connectivity index (χ4n) is 5.12. The number of allylic oxidation sites excluding steroid dienone is 2. The summed E-state index contributed by atoms with van der Waals surface area (Å²) in [5.74, 6) is 3.09. The van der Waals surface area contributed by atoms with Crippen LogP contribution in [0.2, 0.25) is 0 Å². The number of fused-ring (bicyclic) bond motifs is 2. The third kappa shape index (κ3) is 4.13. The van der Waals surface area contributed by atoms with E-state index in [-0.39, 0.29) is 0 Å². The van der Waals surface area contributed by atoms with Crippen LogP contribution < -0.4 is 0 Å². The number of amides is 1. The van der Waals surface area contributed by atoms with Gasteiger partial charge in [0.2, 0.25) is 5.91 Å². The van der Waals surface area contributed by atoms with Gasteiger partial charge >= 0.3 is 0 Å². The highest BCUT2D eigenvalue weighted by Gasteiger charge is 2.37. The molecule has 3 heteroatoms. The highest BCUT2D eigenvalue weighted by atomic mass is 16.2. The molecule has 0 aromatic carbocycles. The molecule has 3 nitrogen and oxygen atoms in total. The van der Waals surface area contributed by atoms with Gasteiger partial charge in [-0.1, -0.05) is 37.5 Å². The zero-order valence-electron chi connectivity index (χ0n) is 15.1. The van der Waals surface area contributed by atoms with Crippen LogP contribution in [0.5, 0.6) is 0 Å². The van der Waals surface area contributed by atoms with Crippen molar-refractivity contribution in [3.63, 3.8) is 0 Å². The summed E-state index contributed by atoms with van der Waals surface area (Å²) in [7, 11) is 0. The fourth-order valence-corrected chi connectivity index (χ4v) is 5.12. The summed E-state index contributed by atoms with van der Waals surface area (Å²) in [4.78, 5) is 19.5. The van der Waals surface area contributed by atoms with Crippen LogP contribution in [0.1, 0.15) is 56.9 Å². The molecule has 1 amide bonds. The van der Waals surface area contributed by atoms with Crippen molar-refractivity contribution < 1.29 is 4.79 Å². The average Bonchev–Trinajstić information content (AvgIpc) is 3.26. The molecule has 0 N–H and O–H groups in total. The van der Waals surface area contributed by atoms with Crippen LogP contribution in [0.15, 0.2) is 36.7 Å². The van der Waals surface area contributed by atoms with Crippen LogP contribution in [-0.4, -0.2) is 22.3 Å². The molecule has 0 spiro atoms. The first-order chi connectivity index (χ1) is 12.3. The number of rotatable bonds is 6. The van der Waals surface area contributed by atoms with Crippen molar-refractivity contribution in [3.8, 4) is 0 Å². The van der Waals surface area contributed by atoms with Crippen molar-refractivity contribution in [1.29, 1.82) is 0 Å². The van der Waals surface area contributed by atoms with Crippen molar-refractivity contribution in [2.24, 2.45) is 23.7 Å². The summed E-state index contributed by atoms with van der Waals surface area (Å²) >= 11 is 0. The van der Waals surface area contributed by atoms with E-state index in [9.17, 15) is 4.79 Å². The van der Waals surface area contributed by atoms with Gasteiger partial charge in [0, 0.05) is 31.9 Å². The summed E-state index contributed by atoms with van der Waals surface area (Å²) < 4.78 is 0. The molecular formula is C22H30N2O. The first-order valence-electron chi connectivity index (χ1n) is 10.1. The average molecular weight is 338 g/mol. The molecule has 1 heterocycles. The molecule has 2 fully saturated rings. The van der Waals surface area contributed by atoms with E-state index in [0.29, 0.717) is 23.7 Å². The lowest BCUT2D eigenvalue weighted by Crippen LogP contribution is -2.37. The van der Waals surface area contributed by atoms with Gasteiger partial charge in [-0.15, -0.1) is 0 Å². The Balaban J connectivity index is 1.42. The maximum atomic E-state index is 13.1. The van der Waals surface area contributed by atoms with Gasteiger partial charge in [-0.3, -0.25) is 9.78 Å². The van der Waals surface area contributed by atoms with Crippen molar-refractivity contribution in [3.05, 3.63) is 42.2 Å². The number of carbonyl (C=O) groups is 1. The molecule has 3 aliphatic carbocycles. The molecule has 134 valence electrons. The van der Waals surface area contributed by atoms with Gasteiger partial charge in [-0.05, 0) is 61.0 Å². The largest absolute Gasteiger partial charge is 0.338 e. The number of hydrogen-bond donors (Lipinski definition) is 0. The molecule has 1 aromatic heterocycles. The summed E-state index contributed by atoms with van der Waals surface area (Å²) in [6.07, 6.45) is 18.2. The van der Waals surface area contributed by atoms with Crippen LogP contribution in [0.3, 0.4) is 0 Å². The molecule has 2 saturated carbocycles. The Morgan fingerprint density at radius 1 is 1.16 bits per heavy atom. The summed E-state index contributed by atoms with van der Waals surface area (Å²) in [5, 5.41) is 0. The van der Waals surface area contributed by atoms with E-state index in [2.05, 4.69) is 28.1 Å². The van der Waals surface area contributed by atoms with E-state index >= 15 is 0 Å². The van der Waals surface area contributed by atoms with E-state index in [4.69, 9.17) is 0 Å². The van der Waals surface area contributed by atoms with E-state index in [1.807, 2.05) is 12.3 Å². The molecule has 4 rings (SSSR count). The van der Waals surface area contributed by atoms with E-state index in [1.165, 1.54) is 44.9 Å². The van der Waals surface area contributed by atoms with Crippen LogP contribution >= 0.6 is 0 Å². The van der Waals surface area contributed by atoms with Crippen LogP contribution in [0.25, 0.3) is 0 Å². The number of hydrogen-bond acceptors (Lipinski definition) is 2. The molecular weight excluding hydrogens is 308 g/mol. The zero-order valence-corrected chi connectivity index (χ0v) is 15.1. The highest BCUT2D eigenvalue weighted by molar-refractivity contribution is 5.76. The van der Waals surface area contributed by atoms with E-state index in [0.717, 1.165) is 31.0 Å². The summed E-state index contributed by atoms with van der Waals surface area (Å²) in [6, 6.07) is 4.06. The third-order valence-corrected chi connectivity index (χ3v) is 6.51. The number of aromatic nitrogens is 1. The second kappa shape index (κ2) is 7.72. The Bertz CT molecular complexity index is 606. The second-order valence-electron chi connectivity index (χ2n) is 8.38. The van der Waals surface area contributed by atoms with Gasteiger partial charge in [0.15, 0.2) is 0 Å². The lowest BCUT2D eigenvalue weighted by atomic mass is 9.86. The predicted molar refractivity (Wildman–Crippen MR) is 99.7 cm³/mol. The topological polar surface area (TPSA) is 33.2 Å². The third-order valence-electron chi connectivity index (χ3n) is 6.51. The maximum Gasteiger partial charge on any atom is 0.223 e. The molecule has 1 aromatic rings. The number of pyridine rings is 1. The quantitative estimate of drug-likeness (QED) is 0.711. The van der Waals surface area contributed by atoms with Gasteiger partial charge in [0.1, 0.15) is 0 Å². The Morgan fingerprint density at radius 2 is 2.04 bits per heavy atom. The minimum absolute atomic E-state index is 0.363. The minimum atomic E-state index is 0.363. The zero-order chi connectivity index (χ0) is 17.1. The van der Waals surface area contributed by atoms with Crippen molar-refractivity contribution in [2.45, 2.75) is 57.9 Å².